The second kappa shape index (κ2) is 8.74. The predicted molar refractivity (Wildman–Crippen MR) is 118 cm³/mol. The van der Waals surface area contributed by atoms with Crippen LogP contribution in [0.2, 0.25) is 0 Å². The van der Waals surface area contributed by atoms with Crippen molar-refractivity contribution in [3.8, 4) is 17.2 Å². The molecule has 0 saturated carbocycles. The molecule has 0 amide bonds. The molecule has 8 heteroatoms. The Morgan fingerprint density at radius 1 is 1.03 bits per heavy atom. The van der Waals surface area contributed by atoms with Crippen LogP contribution in [0.5, 0.6) is 5.75 Å². The number of hydrazone groups is 1. The maximum atomic E-state index is 12.3. The molecule has 0 aliphatic carbocycles. The van der Waals surface area contributed by atoms with Crippen LogP contribution >= 0.6 is 0 Å². The highest BCUT2D eigenvalue weighted by atomic mass is 19.4. The molecule has 0 saturated heterocycles. The van der Waals surface area contributed by atoms with Crippen molar-refractivity contribution >= 4 is 23.0 Å². The molecule has 0 aliphatic heterocycles. The molecule has 1 aromatic heterocycles. The number of alkyl halides is 3. The van der Waals surface area contributed by atoms with Crippen molar-refractivity contribution in [1.29, 1.82) is 0 Å². The number of ether oxygens (including phenoxy) is 1. The Bertz CT molecular complexity index is 1250. The Morgan fingerprint density at radius 3 is 2.50 bits per heavy atom. The lowest BCUT2D eigenvalue weighted by Gasteiger charge is -2.11. The minimum Gasteiger partial charge on any atom is -0.436 e. The van der Waals surface area contributed by atoms with Crippen LogP contribution in [0.4, 0.5) is 18.9 Å². The fourth-order valence-corrected chi connectivity index (χ4v) is 3.23. The smallest absolute Gasteiger partial charge is 0.436 e. The summed E-state index contributed by atoms with van der Waals surface area (Å²) < 4.78 is 46.6. The average Bonchev–Trinajstić information content (AvgIpc) is 3.17. The Balaban J connectivity index is 1.50. The van der Waals surface area contributed by atoms with Gasteiger partial charge in [-0.2, -0.15) is 5.10 Å². The van der Waals surface area contributed by atoms with Gasteiger partial charge in [-0.05, 0) is 65.6 Å². The van der Waals surface area contributed by atoms with Crippen LogP contribution in [0, 0.1) is 0 Å². The summed E-state index contributed by atoms with van der Waals surface area (Å²) in [6.45, 7) is 4.24. The molecule has 0 atom stereocenters. The van der Waals surface area contributed by atoms with E-state index < -0.39 is 6.36 Å². The summed E-state index contributed by atoms with van der Waals surface area (Å²) in [5.74, 6) is 0.368. The van der Waals surface area contributed by atoms with Gasteiger partial charge in [0.2, 0.25) is 5.89 Å². The number of oxazole rings is 1. The maximum absolute atomic E-state index is 12.3. The van der Waals surface area contributed by atoms with Crippen molar-refractivity contribution in [2.75, 3.05) is 5.43 Å². The molecule has 0 radical (unpaired) electrons. The highest BCUT2D eigenvalue weighted by Crippen LogP contribution is 2.28. The number of benzene rings is 3. The minimum atomic E-state index is -4.73. The number of halogens is 3. The monoisotopic (exact) mass is 439 g/mol. The molecule has 0 aliphatic rings. The number of hydrogen-bond acceptors (Lipinski definition) is 5. The fourth-order valence-electron chi connectivity index (χ4n) is 3.23. The first-order valence-corrected chi connectivity index (χ1v) is 9.93. The quantitative estimate of drug-likeness (QED) is 0.261. The first-order valence-electron chi connectivity index (χ1n) is 9.93. The van der Waals surface area contributed by atoms with Gasteiger partial charge in [0, 0.05) is 5.56 Å². The maximum Gasteiger partial charge on any atom is 0.573 e. The van der Waals surface area contributed by atoms with Gasteiger partial charge in [-0.1, -0.05) is 32.0 Å². The average molecular weight is 439 g/mol. The molecule has 3 aromatic carbocycles. The van der Waals surface area contributed by atoms with Crippen molar-refractivity contribution < 1.29 is 22.3 Å². The Morgan fingerprint density at radius 2 is 1.78 bits per heavy atom. The van der Waals surface area contributed by atoms with Crippen LogP contribution < -0.4 is 10.2 Å². The van der Waals surface area contributed by atoms with Crippen LogP contribution in [-0.2, 0) is 0 Å². The third-order valence-corrected chi connectivity index (χ3v) is 4.73. The van der Waals surface area contributed by atoms with Gasteiger partial charge in [-0.15, -0.1) is 13.2 Å². The summed E-state index contributed by atoms with van der Waals surface area (Å²) in [5.41, 5.74) is 7.73. The molecule has 0 unspecified atom stereocenters. The molecule has 0 spiro atoms. The van der Waals surface area contributed by atoms with Crippen molar-refractivity contribution in [2.45, 2.75) is 26.1 Å². The van der Waals surface area contributed by atoms with Crippen molar-refractivity contribution in [1.82, 2.24) is 4.98 Å². The van der Waals surface area contributed by atoms with E-state index in [2.05, 4.69) is 40.2 Å². The summed E-state index contributed by atoms with van der Waals surface area (Å²) in [7, 11) is 0. The molecular formula is C24H20F3N3O2. The highest BCUT2D eigenvalue weighted by molar-refractivity contribution is 5.87. The van der Waals surface area contributed by atoms with E-state index in [-0.39, 0.29) is 5.75 Å². The molecule has 5 nitrogen and oxygen atoms in total. The second-order valence-corrected chi connectivity index (χ2v) is 7.43. The summed E-state index contributed by atoms with van der Waals surface area (Å²) in [6, 6.07) is 18.8. The molecule has 32 heavy (non-hydrogen) atoms. The number of rotatable bonds is 6. The van der Waals surface area contributed by atoms with E-state index in [0.29, 0.717) is 28.5 Å². The van der Waals surface area contributed by atoms with Crippen LogP contribution in [0.1, 0.15) is 30.9 Å². The number of hydrogen-bond donors (Lipinski definition) is 1. The van der Waals surface area contributed by atoms with Gasteiger partial charge in [0.25, 0.3) is 0 Å². The molecule has 0 bridgehead atoms. The zero-order valence-corrected chi connectivity index (χ0v) is 17.4. The minimum absolute atomic E-state index is 0.302. The zero-order valence-electron chi connectivity index (χ0n) is 17.4. The first-order chi connectivity index (χ1) is 15.3. The van der Waals surface area contributed by atoms with Gasteiger partial charge in [0.15, 0.2) is 5.58 Å². The molecule has 4 rings (SSSR count). The van der Waals surface area contributed by atoms with E-state index in [0.717, 1.165) is 11.3 Å². The van der Waals surface area contributed by atoms with Crippen LogP contribution in [0.3, 0.4) is 0 Å². The standard InChI is InChI=1S/C24H20F3N3O2/c1-15(2)19-5-3-4-6-20(19)30-28-14-16-7-12-22-21(13-16)29-23(31-22)17-8-10-18(11-9-17)32-24(25,26)27/h3-15,30H,1-2H3/b28-14+. The third-order valence-electron chi connectivity index (χ3n) is 4.73. The predicted octanol–water partition coefficient (Wildman–Crippen LogP) is 6.96. The van der Waals surface area contributed by atoms with E-state index in [1.54, 1.807) is 12.3 Å². The van der Waals surface area contributed by atoms with E-state index in [4.69, 9.17) is 4.42 Å². The molecule has 1 N–H and O–H groups in total. The Hall–Kier alpha value is -3.81. The van der Waals surface area contributed by atoms with E-state index >= 15 is 0 Å². The summed E-state index contributed by atoms with van der Waals surface area (Å²) in [5, 5.41) is 4.33. The van der Waals surface area contributed by atoms with Gasteiger partial charge in [-0.3, -0.25) is 5.43 Å². The normalized spacial score (nSPS) is 12.1. The lowest BCUT2D eigenvalue weighted by Crippen LogP contribution is -2.16. The van der Waals surface area contributed by atoms with Gasteiger partial charge in [0.1, 0.15) is 11.3 Å². The van der Waals surface area contributed by atoms with E-state index in [9.17, 15) is 13.2 Å². The SMILES string of the molecule is CC(C)c1ccccc1N/N=C/c1ccc2oc(-c3ccc(OC(F)(F)F)cc3)nc2c1. The number of aromatic nitrogens is 1. The topological polar surface area (TPSA) is 59.7 Å². The zero-order chi connectivity index (χ0) is 22.7. The van der Waals surface area contributed by atoms with Gasteiger partial charge in [-0.25, -0.2) is 4.98 Å². The molecule has 4 aromatic rings. The van der Waals surface area contributed by atoms with Crippen LogP contribution in [0.25, 0.3) is 22.6 Å². The highest BCUT2D eigenvalue weighted by Gasteiger charge is 2.31. The van der Waals surface area contributed by atoms with E-state index in [1.807, 2.05) is 30.3 Å². The van der Waals surface area contributed by atoms with Crippen LogP contribution in [-0.4, -0.2) is 17.6 Å². The summed E-state index contributed by atoms with van der Waals surface area (Å²) in [6.07, 6.45) is -3.04. The molecular weight excluding hydrogens is 419 g/mol. The number of fused-ring (bicyclic) bond motifs is 1. The largest absolute Gasteiger partial charge is 0.573 e. The first kappa shape index (κ1) is 21.4. The second-order valence-electron chi connectivity index (χ2n) is 7.43. The number of anilines is 1. The van der Waals surface area contributed by atoms with Gasteiger partial charge >= 0.3 is 6.36 Å². The molecule has 164 valence electrons. The third kappa shape index (κ3) is 5.08. The van der Waals surface area contributed by atoms with Gasteiger partial charge in [0.05, 0.1) is 11.9 Å². The molecule has 1 heterocycles. The van der Waals surface area contributed by atoms with E-state index in [1.165, 1.54) is 29.8 Å². The number of nitrogens with one attached hydrogen (secondary N) is 1. The lowest BCUT2D eigenvalue weighted by atomic mass is 10.0. The Kier molecular flexibility index (Phi) is 5.85. The fraction of sp³-hybridized carbons (Fsp3) is 0.167. The number of nitrogens with zero attached hydrogens (tertiary/aromatic N) is 2. The van der Waals surface area contributed by atoms with Gasteiger partial charge < -0.3 is 9.15 Å². The van der Waals surface area contributed by atoms with Crippen LogP contribution in [0.15, 0.2) is 76.2 Å². The molecule has 0 fully saturated rings. The lowest BCUT2D eigenvalue weighted by molar-refractivity contribution is -0.274. The Labute approximate surface area is 182 Å². The van der Waals surface area contributed by atoms with Crippen molar-refractivity contribution in [3.05, 3.63) is 77.9 Å². The summed E-state index contributed by atoms with van der Waals surface area (Å²) in [4.78, 5) is 4.44. The number of para-hydroxylation sites is 1. The van der Waals surface area contributed by atoms with Crippen molar-refractivity contribution in [2.24, 2.45) is 5.10 Å². The summed E-state index contributed by atoms with van der Waals surface area (Å²) >= 11 is 0. The van der Waals surface area contributed by atoms with Crippen molar-refractivity contribution in [3.63, 3.8) is 0 Å².